The Labute approximate surface area is 162 Å². The van der Waals surface area contributed by atoms with E-state index in [-0.39, 0.29) is 5.91 Å². The molecule has 0 spiro atoms. The number of carbonyl (C=O) groups is 1. The zero-order chi connectivity index (χ0) is 19.3. The first-order valence-electron chi connectivity index (χ1n) is 8.99. The molecule has 6 heteroatoms. The Kier molecular flexibility index (Phi) is 5.12. The average Bonchev–Trinajstić information content (AvgIpc) is 3.18. The summed E-state index contributed by atoms with van der Waals surface area (Å²) >= 11 is 0. The molecule has 0 unspecified atom stereocenters. The molecule has 0 aliphatic carbocycles. The summed E-state index contributed by atoms with van der Waals surface area (Å²) in [5, 5.41) is 2.91. The minimum Gasteiger partial charge on any atom is -0.367 e. The minimum absolute atomic E-state index is 0.182. The summed E-state index contributed by atoms with van der Waals surface area (Å²) in [6.45, 7) is 0.378. The minimum atomic E-state index is -0.634. The van der Waals surface area contributed by atoms with Crippen LogP contribution in [0.1, 0.15) is 17.2 Å². The van der Waals surface area contributed by atoms with Gasteiger partial charge in [-0.15, -0.1) is 0 Å². The molecule has 1 N–H and O–H groups in total. The van der Waals surface area contributed by atoms with Crippen molar-refractivity contribution in [2.75, 3.05) is 7.11 Å². The monoisotopic (exact) mass is 372 g/mol. The number of benzene rings is 2. The van der Waals surface area contributed by atoms with Gasteiger partial charge in [-0.25, -0.2) is 9.97 Å². The maximum atomic E-state index is 12.5. The molecule has 2 heterocycles. The van der Waals surface area contributed by atoms with Crippen molar-refractivity contribution in [3.05, 3.63) is 90.4 Å². The van der Waals surface area contributed by atoms with Gasteiger partial charge in [-0.3, -0.25) is 9.36 Å². The van der Waals surface area contributed by atoms with Gasteiger partial charge in [0, 0.05) is 19.9 Å². The zero-order valence-electron chi connectivity index (χ0n) is 15.4. The Balaban J connectivity index is 1.44. The van der Waals surface area contributed by atoms with E-state index in [9.17, 15) is 4.79 Å². The molecule has 2 aromatic heterocycles. The first kappa shape index (κ1) is 17.9. The lowest BCUT2D eigenvalue weighted by atomic mass is 10.1. The van der Waals surface area contributed by atoms with Crippen LogP contribution in [0.15, 0.2) is 79.3 Å². The van der Waals surface area contributed by atoms with Crippen LogP contribution in [0.5, 0.6) is 0 Å². The van der Waals surface area contributed by atoms with Crippen molar-refractivity contribution in [3.63, 3.8) is 0 Å². The van der Waals surface area contributed by atoms with Crippen molar-refractivity contribution >= 4 is 16.9 Å². The number of amides is 1. The van der Waals surface area contributed by atoms with Crippen molar-refractivity contribution < 1.29 is 9.53 Å². The number of nitrogens with zero attached hydrogens (tertiary/aromatic N) is 3. The number of ether oxygens (including phenoxy) is 1. The van der Waals surface area contributed by atoms with Gasteiger partial charge in [-0.2, -0.15) is 0 Å². The van der Waals surface area contributed by atoms with E-state index in [1.165, 1.54) is 7.11 Å². The van der Waals surface area contributed by atoms with Gasteiger partial charge in [-0.1, -0.05) is 48.5 Å². The lowest BCUT2D eigenvalue weighted by Crippen LogP contribution is -2.30. The molecular formula is C22H20N4O2. The van der Waals surface area contributed by atoms with E-state index < -0.39 is 6.10 Å². The molecule has 0 saturated heterocycles. The number of hydrogen-bond acceptors (Lipinski definition) is 4. The molecule has 0 radical (unpaired) electrons. The summed E-state index contributed by atoms with van der Waals surface area (Å²) in [5.74, 6) is 0.598. The van der Waals surface area contributed by atoms with Crippen molar-refractivity contribution in [2.45, 2.75) is 12.6 Å². The van der Waals surface area contributed by atoms with Gasteiger partial charge in [0.25, 0.3) is 5.91 Å². The smallest absolute Gasteiger partial charge is 0.254 e. The van der Waals surface area contributed by atoms with Crippen LogP contribution in [0, 0.1) is 0 Å². The lowest BCUT2D eigenvalue weighted by Gasteiger charge is -2.15. The highest BCUT2D eigenvalue weighted by Crippen LogP contribution is 2.18. The lowest BCUT2D eigenvalue weighted by molar-refractivity contribution is -0.131. The van der Waals surface area contributed by atoms with E-state index in [1.54, 1.807) is 12.5 Å². The average molecular weight is 372 g/mol. The zero-order valence-corrected chi connectivity index (χ0v) is 15.4. The molecular weight excluding hydrogens is 352 g/mol. The number of para-hydroxylation sites is 2. The summed E-state index contributed by atoms with van der Waals surface area (Å²) in [6, 6.07) is 21.2. The summed E-state index contributed by atoms with van der Waals surface area (Å²) in [4.78, 5) is 21.4. The largest absolute Gasteiger partial charge is 0.367 e. The summed E-state index contributed by atoms with van der Waals surface area (Å²) in [7, 11) is 1.53. The second-order valence-electron chi connectivity index (χ2n) is 6.37. The molecule has 6 nitrogen and oxygen atoms in total. The SMILES string of the molecule is CO[C@H](C(=O)NCc1ccc(-n2cnc3ccccc32)nc1)c1ccccc1. The highest BCUT2D eigenvalue weighted by Gasteiger charge is 2.19. The molecule has 1 atom stereocenters. The van der Waals surface area contributed by atoms with Crippen LogP contribution in [0.3, 0.4) is 0 Å². The Morgan fingerprint density at radius 2 is 1.82 bits per heavy atom. The molecule has 0 aliphatic rings. The number of methoxy groups -OCH3 is 1. The van der Waals surface area contributed by atoms with Crippen LogP contribution in [0.4, 0.5) is 0 Å². The van der Waals surface area contributed by atoms with Gasteiger partial charge in [-0.05, 0) is 29.3 Å². The van der Waals surface area contributed by atoms with Crippen LogP contribution in [-0.4, -0.2) is 27.6 Å². The normalized spacial score (nSPS) is 12.0. The Bertz CT molecular complexity index is 1070. The topological polar surface area (TPSA) is 69.0 Å². The third-order valence-corrected chi connectivity index (χ3v) is 4.55. The molecule has 4 aromatic rings. The van der Waals surface area contributed by atoms with E-state index in [1.807, 2.05) is 71.3 Å². The van der Waals surface area contributed by atoms with Crippen LogP contribution in [0.25, 0.3) is 16.9 Å². The van der Waals surface area contributed by atoms with Crippen molar-refractivity contribution in [2.24, 2.45) is 0 Å². The van der Waals surface area contributed by atoms with E-state index in [2.05, 4.69) is 15.3 Å². The van der Waals surface area contributed by atoms with Gasteiger partial charge in [0.2, 0.25) is 0 Å². The first-order chi connectivity index (χ1) is 13.8. The number of aromatic nitrogens is 3. The number of imidazole rings is 1. The number of nitrogens with one attached hydrogen (secondary N) is 1. The van der Waals surface area contributed by atoms with Crippen molar-refractivity contribution in [3.8, 4) is 5.82 Å². The number of fused-ring (bicyclic) bond motifs is 1. The van der Waals surface area contributed by atoms with E-state index in [0.29, 0.717) is 6.54 Å². The van der Waals surface area contributed by atoms with E-state index in [0.717, 1.165) is 28.0 Å². The van der Waals surface area contributed by atoms with Gasteiger partial charge in [0.15, 0.2) is 6.10 Å². The third-order valence-electron chi connectivity index (χ3n) is 4.55. The first-order valence-corrected chi connectivity index (χ1v) is 8.99. The Morgan fingerprint density at radius 1 is 1.04 bits per heavy atom. The fraction of sp³-hybridized carbons (Fsp3) is 0.136. The number of rotatable bonds is 6. The molecule has 28 heavy (non-hydrogen) atoms. The Hall–Kier alpha value is -3.51. The summed E-state index contributed by atoms with van der Waals surface area (Å²) in [6.07, 6.45) is 2.89. The second kappa shape index (κ2) is 8.02. The van der Waals surface area contributed by atoms with Gasteiger partial charge < -0.3 is 10.1 Å². The van der Waals surface area contributed by atoms with Crippen molar-refractivity contribution in [1.82, 2.24) is 19.9 Å². The number of pyridine rings is 1. The van der Waals surface area contributed by atoms with Gasteiger partial charge in [0.1, 0.15) is 12.1 Å². The van der Waals surface area contributed by atoms with Gasteiger partial charge in [0.05, 0.1) is 11.0 Å². The third kappa shape index (κ3) is 3.63. The molecule has 140 valence electrons. The standard InChI is InChI=1S/C22H20N4O2/c1-28-21(17-7-3-2-4-8-17)22(27)24-14-16-11-12-20(23-13-16)26-15-25-18-9-5-6-10-19(18)26/h2-13,15,21H,14H2,1H3,(H,24,27)/t21-/m0/s1. The van der Waals surface area contributed by atoms with E-state index >= 15 is 0 Å². The van der Waals surface area contributed by atoms with E-state index in [4.69, 9.17) is 4.74 Å². The Morgan fingerprint density at radius 3 is 2.57 bits per heavy atom. The predicted octanol–water partition coefficient (Wildman–Crippen LogP) is 3.42. The molecule has 2 aromatic carbocycles. The number of carbonyl (C=O) groups excluding carboxylic acids is 1. The molecule has 0 fully saturated rings. The molecule has 0 bridgehead atoms. The predicted molar refractivity (Wildman–Crippen MR) is 107 cm³/mol. The highest BCUT2D eigenvalue weighted by atomic mass is 16.5. The molecule has 1 amide bonds. The quantitative estimate of drug-likeness (QED) is 0.563. The molecule has 4 rings (SSSR count). The fourth-order valence-electron chi connectivity index (χ4n) is 3.11. The molecule has 0 saturated carbocycles. The summed E-state index contributed by atoms with van der Waals surface area (Å²) < 4.78 is 7.30. The maximum absolute atomic E-state index is 12.5. The number of hydrogen-bond donors (Lipinski definition) is 1. The molecule has 0 aliphatic heterocycles. The van der Waals surface area contributed by atoms with Crippen LogP contribution >= 0.6 is 0 Å². The van der Waals surface area contributed by atoms with Crippen LogP contribution in [0.2, 0.25) is 0 Å². The maximum Gasteiger partial charge on any atom is 0.254 e. The van der Waals surface area contributed by atoms with Crippen LogP contribution < -0.4 is 5.32 Å². The highest BCUT2D eigenvalue weighted by molar-refractivity contribution is 5.82. The van der Waals surface area contributed by atoms with Crippen molar-refractivity contribution in [1.29, 1.82) is 0 Å². The van der Waals surface area contributed by atoms with Gasteiger partial charge >= 0.3 is 0 Å². The second-order valence-corrected chi connectivity index (χ2v) is 6.37. The summed E-state index contributed by atoms with van der Waals surface area (Å²) in [5.41, 5.74) is 3.65. The van der Waals surface area contributed by atoms with Crippen LogP contribution in [-0.2, 0) is 16.1 Å². The fourth-order valence-corrected chi connectivity index (χ4v) is 3.11.